The Kier molecular flexibility index (Phi) is 4.03. The number of benzene rings is 1. The van der Waals surface area contributed by atoms with Gasteiger partial charge in [0.25, 0.3) is 0 Å². The van der Waals surface area contributed by atoms with E-state index in [4.69, 9.17) is 4.74 Å². The summed E-state index contributed by atoms with van der Waals surface area (Å²) in [5.74, 6) is 0.0816. The summed E-state index contributed by atoms with van der Waals surface area (Å²) in [6.07, 6.45) is 6.52. The number of hydrogen-bond donors (Lipinski definition) is 1. The van der Waals surface area contributed by atoms with Crippen LogP contribution in [0.5, 0.6) is 0 Å². The fourth-order valence-corrected chi connectivity index (χ4v) is 2.96. The first kappa shape index (κ1) is 13.8. The summed E-state index contributed by atoms with van der Waals surface area (Å²) in [5.41, 5.74) is 2.01. The van der Waals surface area contributed by atoms with Crippen molar-refractivity contribution in [3.8, 4) is 6.07 Å². The molecule has 0 spiro atoms. The zero-order chi connectivity index (χ0) is 14.7. The van der Waals surface area contributed by atoms with Crippen LogP contribution in [0.3, 0.4) is 0 Å². The predicted molar refractivity (Wildman–Crippen MR) is 80.2 cm³/mol. The highest BCUT2D eigenvalue weighted by Gasteiger charge is 2.19. The van der Waals surface area contributed by atoms with Crippen molar-refractivity contribution in [2.24, 2.45) is 0 Å². The summed E-state index contributed by atoms with van der Waals surface area (Å²) in [4.78, 5) is 15.5. The molecule has 108 valence electrons. The van der Waals surface area contributed by atoms with E-state index in [0.717, 1.165) is 36.8 Å². The summed E-state index contributed by atoms with van der Waals surface area (Å²) in [6.45, 7) is 0.810. The van der Waals surface area contributed by atoms with Crippen molar-refractivity contribution < 1.29 is 9.53 Å². The minimum Gasteiger partial charge on any atom is -0.378 e. The summed E-state index contributed by atoms with van der Waals surface area (Å²) < 4.78 is 5.67. The van der Waals surface area contributed by atoms with Gasteiger partial charge in [-0.05, 0) is 37.8 Å². The summed E-state index contributed by atoms with van der Waals surface area (Å²) in [5, 5.41) is 9.94. The molecule has 0 aliphatic carbocycles. The highest BCUT2D eigenvalue weighted by molar-refractivity contribution is 6.09. The molecule has 21 heavy (non-hydrogen) atoms. The Hall–Kier alpha value is -2.12. The van der Waals surface area contributed by atoms with E-state index >= 15 is 0 Å². The van der Waals surface area contributed by atoms with Crippen LogP contribution in [0.4, 0.5) is 0 Å². The molecule has 2 heterocycles. The number of aromatic nitrogens is 1. The third kappa shape index (κ3) is 2.84. The highest BCUT2D eigenvalue weighted by Crippen LogP contribution is 2.25. The molecule has 1 N–H and O–H groups in total. The molecule has 1 fully saturated rings. The zero-order valence-electron chi connectivity index (χ0n) is 11.9. The van der Waals surface area contributed by atoms with Gasteiger partial charge in [-0.3, -0.25) is 4.79 Å². The van der Waals surface area contributed by atoms with Gasteiger partial charge in [0.05, 0.1) is 17.7 Å². The maximum Gasteiger partial charge on any atom is 0.165 e. The fourth-order valence-electron chi connectivity index (χ4n) is 2.96. The van der Waals surface area contributed by atoms with Crippen LogP contribution in [0.25, 0.3) is 10.9 Å². The minimum atomic E-state index is 0.0816. The molecular formula is C17H18N2O2. The van der Waals surface area contributed by atoms with Crippen molar-refractivity contribution in [3.63, 3.8) is 0 Å². The van der Waals surface area contributed by atoms with Gasteiger partial charge in [0.1, 0.15) is 0 Å². The number of nitrogens with one attached hydrogen (secondary N) is 1. The SMILES string of the molecule is N#Cc1cccc2[nH]cc(C(=O)CCC3CCCCO3)c12. The van der Waals surface area contributed by atoms with Gasteiger partial charge in [-0.15, -0.1) is 0 Å². The Balaban J connectivity index is 1.77. The lowest BCUT2D eigenvalue weighted by Gasteiger charge is -2.22. The smallest absolute Gasteiger partial charge is 0.165 e. The summed E-state index contributed by atoms with van der Waals surface area (Å²) >= 11 is 0. The average molecular weight is 282 g/mol. The normalized spacial score (nSPS) is 18.5. The van der Waals surface area contributed by atoms with E-state index < -0.39 is 0 Å². The number of carbonyl (C=O) groups is 1. The molecule has 3 rings (SSSR count). The van der Waals surface area contributed by atoms with Crippen LogP contribution in [0.1, 0.15) is 48.0 Å². The molecule has 1 saturated heterocycles. The van der Waals surface area contributed by atoms with Gasteiger partial charge >= 0.3 is 0 Å². The highest BCUT2D eigenvalue weighted by atomic mass is 16.5. The van der Waals surface area contributed by atoms with E-state index in [1.54, 1.807) is 12.3 Å². The van der Waals surface area contributed by atoms with Crippen LogP contribution < -0.4 is 0 Å². The number of hydrogen-bond acceptors (Lipinski definition) is 3. The molecule has 1 atom stereocenters. The Morgan fingerprint density at radius 1 is 1.43 bits per heavy atom. The van der Waals surface area contributed by atoms with Gasteiger partial charge in [-0.25, -0.2) is 0 Å². The Morgan fingerprint density at radius 3 is 3.10 bits per heavy atom. The van der Waals surface area contributed by atoms with Crippen LogP contribution in [0.2, 0.25) is 0 Å². The van der Waals surface area contributed by atoms with E-state index in [1.807, 2.05) is 12.1 Å². The third-order valence-electron chi connectivity index (χ3n) is 4.09. The standard InChI is InChI=1S/C17H18N2O2/c18-10-12-4-3-6-15-17(12)14(11-19-15)16(20)8-7-13-5-1-2-9-21-13/h3-4,6,11,13,19H,1-2,5,7-9H2. The average Bonchev–Trinajstić information content (AvgIpc) is 2.97. The van der Waals surface area contributed by atoms with Crippen molar-refractivity contribution in [2.75, 3.05) is 6.61 Å². The lowest BCUT2D eigenvalue weighted by atomic mass is 9.98. The molecular weight excluding hydrogens is 264 g/mol. The third-order valence-corrected chi connectivity index (χ3v) is 4.09. The zero-order valence-corrected chi connectivity index (χ0v) is 11.9. The number of Topliss-reactive ketones (excluding diaryl/α,β-unsaturated/α-hetero) is 1. The van der Waals surface area contributed by atoms with Crippen molar-refractivity contribution in [2.45, 2.75) is 38.2 Å². The second kappa shape index (κ2) is 6.11. The van der Waals surface area contributed by atoms with E-state index in [2.05, 4.69) is 11.1 Å². The monoisotopic (exact) mass is 282 g/mol. The lowest BCUT2D eigenvalue weighted by molar-refractivity contribution is 0.0104. The van der Waals surface area contributed by atoms with Gasteiger partial charge in [0.15, 0.2) is 5.78 Å². The second-order valence-corrected chi connectivity index (χ2v) is 5.49. The van der Waals surface area contributed by atoms with Gasteiger partial charge in [-0.2, -0.15) is 5.26 Å². The first-order valence-corrected chi connectivity index (χ1v) is 7.44. The van der Waals surface area contributed by atoms with Crippen molar-refractivity contribution in [1.29, 1.82) is 5.26 Å². The molecule has 0 radical (unpaired) electrons. The van der Waals surface area contributed by atoms with Crippen LogP contribution >= 0.6 is 0 Å². The molecule has 1 aromatic heterocycles. The number of nitriles is 1. The van der Waals surface area contributed by atoms with Crippen molar-refractivity contribution in [3.05, 3.63) is 35.5 Å². The molecule has 1 aliphatic heterocycles. The number of fused-ring (bicyclic) bond motifs is 1. The number of ether oxygens (including phenoxy) is 1. The Morgan fingerprint density at radius 2 is 2.33 bits per heavy atom. The fraction of sp³-hybridized carbons (Fsp3) is 0.412. The van der Waals surface area contributed by atoms with Gasteiger partial charge in [0, 0.05) is 35.7 Å². The molecule has 4 heteroatoms. The number of aromatic amines is 1. The predicted octanol–water partition coefficient (Wildman–Crippen LogP) is 3.57. The number of ketones is 1. The molecule has 2 aromatic rings. The van der Waals surface area contributed by atoms with Crippen molar-refractivity contribution >= 4 is 16.7 Å². The van der Waals surface area contributed by atoms with E-state index in [-0.39, 0.29) is 11.9 Å². The van der Waals surface area contributed by atoms with Crippen LogP contribution in [0.15, 0.2) is 24.4 Å². The first-order valence-electron chi connectivity index (χ1n) is 7.44. The largest absolute Gasteiger partial charge is 0.378 e. The van der Waals surface area contributed by atoms with Crippen molar-refractivity contribution in [1.82, 2.24) is 4.98 Å². The molecule has 1 aromatic carbocycles. The molecule has 0 amide bonds. The van der Waals surface area contributed by atoms with E-state index in [0.29, 0.717) is 17.5 Å². The molecule has 1 unspecified atom stereocenters. The van der Waals surface area contributed by atoms with E-state index in [1.165, 1.54) is 6.42 Å². The quantitative estimate of drug-likeness (QED) is 0.872. The van der Waals surface area contributed by atoms with Crippen LogP contribution in [0, 0.1) is 11.3 Å². The first-order chi connectivity index (χ1) is 10.3. The minimum absolute atomic E-state index is 0.0816. The van der Waals surface area contributed by atoms with E-state index in [9.17, 15) is 10.1 Å². The Labute approximate surface area is 123 Å². The second-order valence-electron chi connectivity index (χ2n) is 5.49. The maximum atomic E-state index is 12.4. The van der Waals surface area contributed by atoms with Gasteiger partial charge in [-0.1, -0.05) is 6.07 Å². The van der Waals surface area contributed by atoms with Crippen LogP contribution in [-0.2, 0) is 4.74 Å². The molecule has 0 saturated carbocycles. The molecule has 1 aliphatic rings. The summed E-state index contributed by atoms with van der Waals surface area (Å²) in [6, 6.07) is 7.61. The topological polar surface area (TPSA) is 65.9 Å². The number of nitrogens with zero attached hydrogens (tertiary/aromatic N) is 1. The molecule has 4 nitrogen and oxygen atoms in total. The molecule has 0 bridgehead atoms. The van der Waals surface area contributed by atoms with Gasteiger partial charge < -0.3 is 9.72 Å². The summed E-state index contributed by atoms with van der Waals surface area (Å²) in [7, 11) is 0. The maximum absolute atomic E-state index is 12.4. The lowest BCUT2D eigenvalue weighted by Crippen LogP contribution is -2.20. The van der Waals surface area contributed by atoms with Gasteiger partial charge in [0.2, 0.25) is 0 Å². The number of rotatable bonds is 4. The van der Waals surface area contributed by atoms with Crippen LogP contribution in [-0.4, -0.2) is 23.5 Å². The number of H-pyrrole nitrogens is 1. The number of carbonyl (C=O) groups excluding carboxylic acids is 1. The Bertz CT molecular complexity index is 690.